The number of ether oxygens (including phenoxy) is 1. The molecule has 0 bridgehead atoms. The molecule has 3 rings (SSSR count). The number of alkyl halides is 3. The van der Waals surface area contributed by atoms with E-state index in [-0.39, 0.29) is 10.9 Å². The zero-order chi connectivity index (χ0) is 18.0. The standard InChI is InChI=1S/C18H15F3N2O2/c1-25-9-8-23-11-14(17(24)18(19,20)21)16-13(5-2-6-15(16)23)12-4-3-7-22-10-12/h2-7,10-11H,8-9H2,1H3. The zero-order valence-electron chi connectivity index (χ0n) is 13.4. The Labute approximate surface area is 141 Å². The SMILES string of the molecule is COCCn1cc(C(=O)C(F)(F)F)c2c(-c3cccnc3)cccc21. The van der Waals surface area contributed by atoms with Crippen LogP contribution in [0.25, 0.3) is 22.0 Å². The first-order chi connectivity index (χ1) is 11.9. The fraction of sp³-hybridized carbons (Fsp3) is 0.222. The molecule has 7 heteroatoms. The molecule has 0 saturated carbocycles. The maximum Gasteiger partial charge on any atom is 0.454 e. The third-order valence-corrected chi connectivity index (χ3v) is 3.92. The van der Waals surface area contributed by atoms with E-state index in [4.69, 9.17) is 4.74 Å². The molecule has 0 saturated heterocycles. The van der Waals surface area contributed by atoms with Gasteiger partial charge in [-0.3, -0.25) is 9.78 Å². The molecule has 0 N–H and O–H groups in total. The Balaban J connectivity index is 2.28. The molecule has 25 heavy (non-hydrogen) atoms. The number of hydrogen-bond donors (Lipinski definition) is 0. The van der Waals surface area contributed by atoms with E-state index in [1.807, 2.05) is 0 Å². The van der Waals surface area contributed by atoms with Crippen molar-refractivity contribution in [1.82, 2.24) is 9.55 Å². The van der Waals surface area contributed by atoms with Gasteiger partial charge in [-0.1, -0.05) is 18.2 Å². The molecule has 3 aromatic rings. The van der Waals surface area contributed by atoms with Crippen molar-refractivity contribution in [2.75, 3.05) is 13.7 Å². The molecule has 1 aromatic carbocycles. The van der Waals surface area contributed by atoms with Crippen molar-refractivity contribution in [3.8, 4) is 11.1 Å². The monoisotopic (exact) mass is 348 g/mol. The average Bonchev–Trinajstić information content (AvgIpc) is 2.98. The quantitative estimate of drug-likeness (QED) is 0.652. The first-order valence-electron chi connectivity index (χ1n) is 7.56. The van der Waals surface area contributed by atoms with E-state index >= 15 is 0 Å². The summed E-state index contributed by atoms with van der Waals surface area (Å²) in [4.78, 5) is 16.0. The number of ketones is 1. The number of carbonyl (C=O) groups is 1. The van der Waals surface area contributed by atoms with Crippen LogP contribution < -0.4 is 0 Å². The number of nitrogens with zero attached hydrogens (tertiary/aromatic N) is 2. The molecule has 0 spiro atoms. The number of halogens is 3. The molecular formula is C18H15F3N2O2. The summed E-state index contributed by atoms with van der Waals surface area (Å²) in [5.41, 5.74) is 1.37. The highest BCUT2D eigenvalue weighted by Crippen LogP contribution is 2.35. The molecule has 2 aromatic heterocycles. The molecule has 0 amide bonds. The number of aromatic nitrogens is 2. The zero-order valence-corrected chi connectivity index (χ0v) is 13.4. The van der Waals surface area contributed by atoms with Crippen LogP contribution in [0.2, 0.25) is 0 Å². The highest BCUT2D eigenvalue weighted by Gasteiger charge is 2.41. The van der Waals surface area contributed by atoms with Gasteiger partial charge < -0.3 is 9.30 Å². The van der Waals surface area contributed by atoms with Crippen molar-refractivity contribution in [2.45, 2.75) is 12.7 Å². The molecular weight excluding hydrogens is 333 g/mol. The van der Waals surface area contributed by atoms with Crippen molar-refractivity contribution in [2.24, 2.45) is 0 Å². The van der Waals surface area contributed by atoms with Crippen LogP contribution in [0.5, 0.6) is 0 Å². The van der Waals surface area contributed by atoms with Crippen LogP contribution >= 0.6 is 0 Å². The van der Waals surface area contributed by atoms with E-state index in [1.54, 1.807) is 47.3 Å². The lowest BCUT2D eigenvalue weighted by atomic mass is 9.99. The van der Waals surface area contributed by atoms with Gasteiger partial charge in [0.2, 0.25) is 0 Å². The second-order valence-corrected chi connectivity index (χ2v) is 5.50. The highest BCUT2D eigenvalue weighted by atomic mass is 19.4. The third-order valence-electron chi connectivity index (χ3n) is 3.92. The van der Waals surface area contributed by atoms with Gasteiger partial charge in [-0.05, 0) is 17.7 Å². The minimum absolute atomic E-state index is 0.272. The largest absolute Gasteiger partial charge is 0.454 e. The summed E-state index contributed by atoms with van der Waals surface area (Å²) in [7, 11) is 1.51. The molecule has 0 aliphatic heterocycles. The molecule has 0 aliphatic rings. The fourth-order valence-corrected chi connectivity index (χ4v) is 2.81. The van der Waals surface area contributed by atoms with Gasteiger partial charge in [-0.2, -0.15) is 13.2 Å². The van der Waals surface area contributed by atoms with Gasteiger partial charge in [-0.25, -0.2) is 0 Å². The van der Waals surface area contributed by atoms with Crippen LogP contribution in [0.1, 0.15) is 10.4 Å². The molecule has 0 aliphatic carbocycles. The van der Waals surface area contributed by atoms with Gasteiger partial charge in [0.1, 0.15) is 0 Å². The van der Waals surface area contributed by atoms with Gasteiger partial charge in [0.15, 0.2) is 0 Å². The van der Waals surface area contributed by atoms with Crippen LogP contribution in [-0.2, 0) is 11.3 Å². The third kappa shape index (κ3) is 3.28. The number of hydrogen-bond acceptors (Lipinski definition) is 3. The van der Waals surface area contributed by atoms with Gasteiger partial charge in [0, 0.05) is 48.7 Å². The van der Waals surface area contributed by atoms with Crippen molar-refractivity contribution < 1.29 is 22.7 Å². The Bertz CT molecular complexity index is 902. The minimum Gasteiger partial charge on any atom is -0.383 e. The summed E-state index contributed by atoms with van der Waals surface area (Å²) in [6, 6.07) is 8.57. The van der Waals surface area contributed by atoms with Crippen LogP contribution in [0.4, 0.5) is 13.2 Å². The number of Topliss-reactive ketones (excluding diaryl/α,β-unsaturated/α-hetero) is 1. The Morgan fingerprint density at radius 3 is 2.68 bits per heavy atom. The van der Waals surface area contributed by atoms with Gasteiger partial charge >= 0.3 is 6.18 Å². The Hall–Kier alpha value is -2.67. The van der Waals surface area contributed by atoms with E-state index in [0.29, 0.717) is 29.8 Å². The summed E-state index contributed by atoms with van der Waals surface area (Å²) in [6.07, 6.45) is -0.555. The number of benzene rings is 1. The lowest BCUT2D eigenvalue weighted by Gasteiger charge is -2.08. The van der Waals surface area contributed by atoms with Crippen LogP contribution in [-0.4, -0.2) is 35.2 Å². The topological polar surface area (TPSA) is 44.1 Å². The summed E-state index contributed by atoms with van der Waals surface area (Å²) in [6.45, 7) is 0.662. The summed E-state index contributed by atoms with van der Waals surface area (Å²) in [5, 5.41) is 0.272. The fourth-order valence-electron chi connectivity index (χ4n) is 2.81. The van der Waals surface area contributed by atoms with Crippen LogP contribution in [0.3, 0.4) is 0 Å². The molecule has 130 valence electrons. The van der Waals surface area contributed by atoms with E-state index in [1.165, 1.54) is 13.3 Å². The molecule has 0 atom stereocenters. The van der Waals surface area contributed by atoms with E-state index in [2.05, 4.69) is 4.98 Å². The first kappa shape index (κ1) is 17.2. The first-order valence-corrected chi connectivity index (χ1v) is 7.56. The van der Waals surface area contributed by atoms with Crippen LogP contribution in [0.15, 0.2) is 48.9 Å². The predicted molar refractivity (Wildman–Crippen MR) is 87.4 cm³/mol. The average molecular weight is 348 g/mol. The second-order valence-electron chi connectivity index (χ2n) is 5.50. The van der Waals surface area contributed by atoms with Gasteiger partial charge in [0.05, 0.1) is 12.2 Å². The number of methoxy groups -OCH3 is 1. The molecule has 4 nitrogen and oxygen atoms in total. The summed E-state index contributed by atoms with van der Waals surface area (Å²) >= 11 is 0. The normalized spacial score (nSPS) is 11.8. The van der Waals surface area contributed by atoms with Crippen molar-refractivity contribution in [3.05, 3.63) is 54.5 Å². The number of fused-ring (bicyclic) bond motifs is 1. The number of pyridine rings is 1. The maximum absolute atomic E-state index is 13.1. The number of carbonyl (C=O) groups excluding carboxylic acids is 1. The Morgan fingerprint density at radius 1 is 1.24 bits per heavy atom. The van der Waals surface area contributed by atoms with Crippen LogP contribution in [0, 0.1) is 0 Å². The maximum atomic E-state index is 13.1. The lowest BCUT2D eigenvalue weighted by Crippen LogP contribution is -2.22. The number of rotatable bonds is 5. The minimum atomic E-state index is -4.94. The Kier molecular flexibility index (Phi) is 4.59. The van der Waals surface area contributed by atoms with Gasteiger partial charge in [0.25, 0.3) is 5.78 Å². The molecule has 0 fully saturated rings. The smallest absolute Gasteiger partial charge is 0.383 e. The molecule has 2 heterocycles. The van der Waals surface area contributed by atoms with E-state index in [9.17, 15) is 18.0 Å². The van der Waals surface area contributed by atoms with Gasteiger partial charge in [-0.15, -0.1) is 0 Å². The summed E-state index contributed by atoms with van der Waals surface area (Å²) < 4.78 is 45.8. The van der Waals surface area contributed by atoms with Crippen molar-refractivity contribution >= 4 is 16.7 Å². The van der Waals surface area contributed by atoms with Crippen molar-refractivity contribution in [1.29, 1.82) is 0 Å². The summed E-state index contributed by atoms with van der Waals surface area (Å²) in [5.74, 6) is -1.86. The second kappa shape index (κ2) is 6.68. The molecule has 0 unspecified atom stereocenters. The predicted octanol–water partition coefficient (Wildman–Crippen LogP) is 4.09. The van der Waals surface area contributed by atoms with Crippen molar-refractivity contribution in [3.63, 3.8) is 0 Å². The molecule has 0 radical (unpaired) electrons. The Morgan fingerprint density at radius 2 is 2.04 bits per heavy atom. The van der Waals surface area contributed by atoms with E-state index in [0.717, 1.165) is 0 Å². The lowest BCUT2D eigenvalue weighted by molar-refractivity contribution is -0.0884. The van der Waals surface area contributed by atoms with E-state index < -0.39 is 12.0 Å². The highest BCUT2D eigenvalue weighted by molar-refractivity contribution is 6.14.